The van der Waals surface area contributed by atoms with Gasteiger partial charge in [-0.05, 0) is 48.9 Å². The molecule has 0 radical (unpaired) electrons. The standard InChI is InChI=1S/C31H30N2O4/c1-21-14-16-24(17-15-21)33-30(23-18-27(35-2)29(37-4)28(19-23)36-3)32(20-22-10-6-5-7-11-22)26-13-9-8-12-25(26)31(33)34/h5-19,30H,20H2,1-4H3/t30-/m0/s1. The van der Waals surface area contributed by atoms with E-state index in [1.165, 1.54) is 0 Å². The summed E-state index contributed by atoms with van der Waals surface area (Å²) in [6.07, 6.45) is -0.473. The highest BCUT2D eigenvalue weighted by Gasteiger charge is 2.40. The second-order valence-corrected chi connectivity index (χ2v) is 8.97. The highest BCUT2D eigenvalue weighted by Crippen LogP contribution is 2.46. The summed E-state index contributed by atoms with van der Waals surface area (Å²) in [7, 11) is 4.78. The third-order valence-corrected chi connectivity index (χ3v) is 6.70. The van der Waals surface area contributed by atoms with Gasteiger partial charge in [0.25, 0.3) is 5.91 Å². The largest absolute Gasteiger partial charge is 0.493 e. The van der Waals surface area contributed by atoms with Crippen LogP contribution in [-0.4, -0.2) is 27.2 Å². The van der Waals surface area contributed by atoms with Crippen LogP contribution in [0.4, 0.5) is 11.4 Å². The average molecular weight is 495 g/mol. The first-order chi connectivity index (χ1) is 18.0. The normalized spacial score (nSPS) is 14.8. The number of hydrogen-bond donors (Lipinski definition) is 0. The first-order valence-electron chi connectivity index (χ1n) is 12.2. The number of carbonyl (C=O) groups excluding carboxylic acids is 1. The van der Waals surface area contributed by atoms with Crippen molar-refractivity contribution in [2.45, 2.75) is 19.6 Å². The van der Waals surface area contributed by atoms with Crippen molar-refractivity contribution in [3.8, 4) is 17.2 Å². The molecule has 4 aromatic rings. The molecular weight excluding hydrogens is 464 g/mol. The fourth-order valence-electron chi connectivity index (χ4n) is 4.91. The van der Waals surface area contributed by atoms with Gasteiger partial charge in [-0.25, -0.2) is 0 Å². The number of benzene rings is 4. The van der Waals surface area contributed by atoms with Crippen LogP contribution >= 0.6 is 0 Å². The Labute approximate surface area is 217 Å². The molecule has 0 bridgehead atoms. The number of rotatable bonds is 7. The SMILES string of the molecule is COc1cc([C@H]2N(Cc3ccccc3)c3ccccc3C(=O)N2c2ccc(C)cc2)cc(OC)c1OC. The van der Waals surface area contributed by atoms with Gasteiger partial charge in [0.05, 0.1) is 32.6 Å². The molecule has 1 atom stereocenters. The summed E-state index contributed by atoms with van der Waals surface area (Å²) in [6, 6.07) is 29.9. The van der Waals surface area contributed by atoms with E-state index in [2.05, 4.69) is 17.0 Å². The minimum absolute atomic E-state index is 0.0671. The summed E-state index contributed by atoms with van der Waals surface area (Å²) >= 11 is 0. The second-order valence-electron chi connectivity index (χ2n) is 8.97. The lowest BCUT2D eigenvalue weighted by atomic mass is 9.98. The van der Waals surface area contributed by atoms with Crippen LogP contribution in [0.2, 0.25) is 0 Å². The number of para-hydroxylation sites is 1. The molecule has 6 nitrogen and oxygen atoms in total. The monoisotopic (exact) mass is 494 g/mol. The maximum absolute atomic E-state index is 14.1. The van der Waals surface area contributed by atoms with Crippen molar-refractivity contribution in [1.29, 1.82) is 0 Å². The lowest BCUT2D eigenvalue weighted by Crippen LogP contribution is -2.49. The van der Waals surface area contributed by atoms with Crippen molar-refractivity contribution < 1.29 is 19.0 Å². The van der Waals surface area contributed by atoms with E-state index >= 15 is 0 Å². The molecule has 6 heteroatoms. The molecular formula is C31H30N2O4. The first kappa shape index (κ1) is 24.3. The zero-order valence-corrected chi connectivity index (χ0v) is 21.5. The van der Waals surface area contributed by atoms with Crippen LogP contribution in [0.3, 0.4) is 0 Å². The number of anilines is 2. The molecule has 0 spiro atoms. The molecule has 1 amide bonds. The molecule has 0 saturated carbocycles. The number of hydrogen-bond acceptors (Lipinski definition) is 5. The lowest BCUT2D eigenvalue weighted by Gasteiger charge is -2.46. The van der Waals surface area contributed by atoms with E-state index in [4.69, 9.17) is 14.2 Å². The van der Waals surface area contributed by atoms with Gasteiger partial charge in [-0.3, -0.25) is 9.69 Å². The molecule has 0 unspecified atom stereocenters. The summed E-state index contributed by atoms with van der Waals surface area (Å²) in [4.78, 5) is 18.2. The van der Waals surface area contributed by atoms with Crippen LogP contribution in [0.15, 0.2) is 91.0 Å². The molecule has 5 rings (SSSR count). The van der Waals surface area contributed by atoms with Crippen molar-refractivity contribution in [3.05, 3.63) is 113 Å². The van der Waals surface area contributed by atoms with Crippen LogP contribution in [0, 0.1) is 6.92 Å². The van der Waals surface area contributed by atoms with Gasteiger partial charge in [-0.15, -0.1) is 0 Å². The Bertz CT molecular complexity index is 1380. The molecule has 0 fully saturated rings. The Balaban J connectivity index is 1.77. The molecule has 188 valence electrons. The Morgan fingerprint density at radius 2 is 1.38 bits per heavy atom. The molecule has 0 aromatic heterocycles. The lowest BCUT2D eigenvalue weighted by molar-refractivity contribution is 0.0968. The zero-order valence-electron chi connectivity index (χ0n) is 21.5. The predicted octanol–water partition coefficient (Wildman–Crippen LogP) is 6.39. The topological polar surface area (TPSA) is 51.2 Å². The number of carbonyl (C=O) groups is 1. The van der Waals surface area contributed by atoms with E-state index < -0.39 is 6.17 Å². The number of nitrogens with zero attached hydrogens (tertiary/aromatic N) is 2. The van der Waals surface area contributed by atoms with Crippen LogP contribution in [0.25, 0.3) is 0 Å². The van der Waals surface area contributed by atoms with Crippen molar-refractivity contribution in [3.63, 3.8) is 0 Å². The Morgan fingerprint density at radius 1 is 0.757 bits per heavy atom. The van der Waals surface area contributed by atoms with E-state index in [1.54, 1.807) is 21.3 Å². The minimum atomic E-state index is -0.473. The number of amides is 1. The first-order valence-corrected chi connectivity index (χ1v) is 12.2. The van der Waals surface area contributed by atoms with E-state index in [0.717, 1.165) is 28.1 Å². The molecule has 1 aliphatic rings. The van der Waals surface area contributed by atoms with Crippen LogP contribution < -0.4 is 24.0 Å². The van der Waals surface area contributed by atoms with Crippen molar-refractivity contribution in [2.75, 3.05) is 31.1 Å². The zero-order chi connectivity index (χ0) is 25.9. The summed E-state index contributed by atoms with van der Waals surface area (Å²) in [6.45, 7) is 2.63. The van der Waals surface area contributed by atoms with E-state index in [-0.39, 0.29) is 5.91 Å². The average Bonchev–Trinajstić information content (AvgIpc) is 2.94. The quantitative estimate of drug-likeness (QED) is 0.298. The summed E-state index contributed by atoms with van der Waals surface area (Å²) in [5.41, 5.74) is 5.43. The van der Waals surface area contributed by atoms with Gasteiger partial charge in [0.2, 0.25) is 5.75 Å². The number of aryl methyl sites for hydroxylation is 1. The Hall–Kier alpha value is -4.45. The van der Waals surface area contributed by atoms with Gasteiger partial charge in [0.15, 0.2) is 11.5 Å². The van der Waals surface area contributed by atoms with Gasteiger partial charge in [0, 0.05) is 17.8 Å². The van der Waals surface area contributed by atoms with Crippen LogP contribution in [0.5, 0.6) is 17.2 Å². The van der Waals surface area contributed by atoms with E-state index in [1.807, 2.05) is 90.7 Å². The molecule has 1 aliphatic heterocycles. The molecule has 4 aromatic carbocycles. The van der Waals surface area contributed by atoms with Gasteiger partial charge >= 0.3 is 0 Å². The van der Waals surface area contributed by atoms with E-state index in [0.29, 0.717) is 29.4 Å². The van der Waals surface area contributed by atoms with E-state index in [9.17, 15) is 4.79 Å². The molecule has 0 saturated heterocycles. The second kappa shape index (κ2) is 10.3. The van der Waals surface area contributed by atoms with Crippen molar-refractivity contribution in [1.82, 2.24) is 0 Å². The fraction of sp³-hybridized carbons (Fsp3) is 0.194. The smallest absolute Gasteiger partial charge is 0.262 e. The third kappa shape index (κ3) is 4.47. The van der Waals surface area contributed by atoms with Gasteiger partial charge in [0.1, 0.15) is 6.17 Å². The van der Waals surface area contributed by atoms with Gasteiger partial charge < -0.3 is 19.1 Å². The van der Waals surface area contributed by atoms with Crippen molar-refractivity contribution in [2.24, 2.45) is 0 Å². The number of fused-ring (bicyclic) bond motifs is 1. The summed E-state index contributed by atoms with van der Waals surface area (Å²) in [5, 5.41) is 0. The maximum atomic E-state index is 14.1. The van der Waals surface area contributed by atoms with Crippen LogP contribution in [-0.2, 0) is 6.54 Å². The number of methoxy groups -OCH3 is 3. The fourth-order valence-corrected chi connectivity index (χ4v) is 4.91. The minimum Gasteiger partial charge on any atom is -0.493 e. The third-order valence-electron chi connectivity index (χ3n) is 6.70. The molecule has 1 heterocycles. The van der Waals surface area contributed by atoms with Gasteiger partial charge in [-0.2, -0.15) is 0 Å². The molecule has 0 N–H and O–H groups in total. The highest BCUT2D eigenvalue weighted by molar-refractivity contribution is 6.12. The highest BCUT2D eigenvalue weighted by atomic mass is 16.5. The summed E-state index contributed by atoms with van der Waals surface area (Å²) < 4.78 is 17.0. The molecule has 0 aliphatic carbocycles. The van der Waals surface area contributed by atoms with Crippen molar-refractivity contribution >= 4 is 17.3 Å². The molecule has 37 heavy (non-hydrogen) atoms. The predicted molar refractivity (Wildman–Crippen MR) is 146 cm³/mol. The van der Waals surface area contributed by atoms with Gasteiger partial charge in [-0.1, -0.05) is 60.2 Å². The van der Waals surface area contributed by atoms with Crippen LogP contribution in [0.1, 0.15) is 33.2 Å². The summed E-state index contributed by atoms with van der Waals surface area (Å²) in [5.74, 6) is 1.51. The maximum Gasteiger partial charge on any atom is 0.262 e. The Morgan fingerprint density at radius 3 is 2.00 bits per heavy atom. The number of ether oxygens (including phenoxy) is 3. The Kier molecular flexibility index (Phi) is 6.73.